The molecule has 1 unspecified atom stereocenters. The normalized spacial score (nSPS) is 16.7. The van der Waals surface area contributed by atoms with E-state index in [0.717, 1.165) is 11.7 Å². The number of hydrogen-bond acceptors (Lipinski definition) is 3. The molecule has 1 saturated carbocycles. The summed E-state index contributed by atoms with van der Waals surface area (Å²) in [5.74, 6) is 1.70. The Kier molecular flexibility index (Phi) is 4.08. The van der Waals surface area contributed by atoms with Gasteiger partial charge in [0.25, 0.3) is 0 Å². The van der Waals surface area contributed by atoms with E-state index >= 15 is 0 Å². The van der Waals surface area contributed by atoms with Crippen molar-refractivity contribution in [1.29, 1.82) is 0 Å². The molecule has 1 aromatic heterocycles. The maximum Gasteiger partial charge on any atom is 0.129 e. The second-order valence-corrected chi connectivity index (χ2v) is 6.31. The number of ether oxygens (including phenoxy) is 1. The molecule has 1 heterocycles. The predicted octanol–water partition coefficient (Wildman–Crippen LogP) is 4.33. The first-order valence-electron chi connectivity index (χ1n) is 7.22. The summed E-state index contributed by atoms with van der Waals surface area (Å²) in [6.07, 6.45) is 4.04. The van der Waals surface area contributed by atoms with Crippen LogP contribution in [0.3, 0.4) is 0 Å². The van der Waals surface area contributed by atoms with E-state index in [4.69, 9.17) is 4.74 Å². The molecular weight excluding hydrogens is 266 g/mol. The van der Waals surface area contributed by atoms with Crippen LogP contribution in [0.15, 0.2) is 35.7 Å². The molecule has 1 fully saturated rings. The molecule has 2 aromatic rings. The maximum absolute atomic E-state index is 5.32. The van der Waals surface area contributed by atoms with Gasteiger partial charge >= 0.3 is 0 Å². The second kappa shape index (κ2) is 5.98. The van der Waals surface area contributed by atoms with Gasteiger partial charge in [0.2, 0.25) is 0 Å². The van der Waals surface area contributed by atoms with Crippen LogP contribution in [0.2, 0.25) is 0 Å². The lowest BCUT2D eigenvalue weighted by Gasteiger charge is -2.30. The molecule has 1 aromatic carbocycles. The molecule has 0 spiro atoms. The highest BCUT2D eigenvalue weighted by atomic mass is 32.1. The molecule has 1 N–H and O–H groups in total. The topological polar surface area (TPSA) is 21.3 Å². The number of thiophene rings is 1. The van der Waals surface area contributed by atoms with Gasteiger partial charge in [-0.05, 0) is 43.0 Å². The molecule has 0 bridgehead atoms. The Hall–Kier alpha value is -1.32. The molecule has 0 amide bonds. The summed E-state index contributed by atoms with van der Waals surface area (Å²) in [6, 6.07) is 11.3. The average Bonchev–Trinajstić information content (AvgIpc) is 2.88. The summed E-state index contributed by atoms with van der Waals surface area (Å²) in [5.41, 5.74) is 2.94. The minimum Gasteiger partial charge on any atom is -0.496 e. The Morgan fingerprint density at radius 2 is 2.10 bits per heavy atom. The zero-order valence-electron chi connectivity index (χ0n) is 12.1. The van der Waals surface area contributed by atoms with Gasteiger partial charge in [0, 0.05) is 10.3 Å². The summed E-state index contributed by atoms with van der Waals surface area (Å²) < 4.78 is 5.32. The van der Waals surface area contributed by atoms with Crippen LogP contribution in [0.25, 0.3) is 0 Å². The van der Waals surface area contributed by atoms with Gasteiger partial charge < -0.3 is 10.1 Å². The van der Waals surface area contributed by atoms with Gasteiger partial charge in [0.15, 0.2) is 0 Å². The van der Waals surface area contributed by atoms with Crippen molar-refractivity contribution >= 4 is 11.3 Å². The van der Waals surface area contributed by atoms with Crippen LogP contribution in [0.5, 0.6) is 5.75 Å². The highest BCUT2D eigenvalue weighted by Gasteiger charge is 2.25. The van der Waals surface area contributed by atoms with Crippen LogP contribution < -0.4 is 10.1 Å². The average molecular weight is 287 g/mol. The van der Waals surface area contributed by atoms with Crippen molar-refractivity contribution in [2.24, 2.45) is 0 Å². The smallest absolute Gasteiger partial charge is 0.129 e. The zero-order chi connectivity index (χ0) is 13.9. The highest BCUT2D eigenvalue weighted by Crippen LogP contribution is 2.41. The van der Waals surface area contributed by atoms with Crippen LogP contribution in [-0.4, -0.2) is 14.2 Å². The lowest BCUT2D eigenvalue weighted by atomic mass is 9.77. The number of hydrogen-bond donors (Lipinski definition) is 1. The minimum atomic E-state index is 0.265. The molecule has 0 radical (unpaired) electrons. The highest BCUT2D eigenvalue weighted by molar-refractivity contribution is 7.10. The van der Waals surface area contributed by atoms with Gasteiger partial charge in [-0.15, -0.1) is 11.3 Å². The fourth-order valence-corrected chi connectivity index (χ4v) is 3.89. The minimum absolute atomic E-state index is 0.265. The first-order chi connectivity index (χ1) is 9.83. The van der Waals surface area contributed by atoms with Gasteiger partial charge in [-0.25, -0.2) is 0 Å². The van der Waals surface area contributed by atoms with Crippen molar-refractivity contribution in [2.45, 2.75) is 31.2 Å². The van der Waals surface area contributed by atoms with Gasteiger partial charge in [0.05, 0.1) is 13.2 Å². The summed E-state index contributed by atoms with van der Waals surface area (Å²) in [6.45, 7) is 0. The van der Waals surface area contributed by atoms with E-state index in [9.17, 15) is 0 Å². The third-order valence-corrected chi connectivity index (χ3v) is 5.23. The SMILES string of the molecule is CNC(c1cc(OC)cs1)c1ccccc1C1CCC1. The summed E-state index contributed by atoms with van der Waals surface area (Å²) in [7, 11) is 3.76. The van der Waals surface area contributed by atoms with Crippen molar-refractivity contribution in [3.05, 3.63) is 51.7 Å². The standard InChI is InChI=1S/C17H21NOS/c1-18-17(16-10-13(19-2)11-20-16)15-9-4-3-8-14(15)12-6-5-7-12/h3-4,8-12,17-18H,5-7H2,1-2H3. The molecule has 1 aliphatic carbocycles. The molecule has 1 aliphatic rings. The Morgan fingerprint density at radius 3 is 2.70 bits per heavy atom. The van der Waals surface area contributed by atoms with E-state index in [1.54, 1.807) is 18.4 Å². The number of methoxy groups -OCH3 is 1. The molecule has 20 heavy (non-hydrogen) atoms. The Bertz CT molecular complexity index is 574. The monoisotopic (exact) mass is 287 g/mol. The van der Waals surface area contributed by atoms with E-state index in [2.05, 4.69) is 41.0 Å². The predicted molar refractivity (Wildman–Crippen MR) is 84.8 cm³/mol. The third-order valence-electron chi connectivity index (χ3n) is 4.26. The lowest BCUT2D eigenvalue weighted by molar-refractivity contribution is 0.414. The maximum atomic E-state index is 5.32. The van der Waals surface area contributed by atoms with Crippen LogP contribution in [0, 0.1) is 0 Å². The number of nitrogens with one attached hydrogen (secondary N) is 1. The molecule has 0 aliphatic heterocycles. The van der Waals surface area contributed by atoms with E-state index in [1.807, 2.05) is 7.05 Å². The largest absolute Gasteiger partial charge is 0.496 e. The second-order valence-electron chi connectivity index (χ2n) is 5.37. The summed E-state index contributed by atoms with van der Waals surface area (Å²) >= 11 is 1.76. The molecule has 3 rings (SSSR count). The first-order valence-corrected chi connectivity index (χ1v) is 8.10. The van der Waals surface area contributed by atoms with Gasteiger partial charge in [-0.2, -0.15) is 0 Å². The van der Waals surface area contributed by atoms with Crippen molar-refractivity contribution in [3.63, 3.8) is 0 Å². The Morgan fingerprint density at radius 1 is 1.30 bits per heavy atom. The van der Waals surface area contributed by atoms with Gasteiger partial charge in [-0.3, -0.25) is 0 Å². The van der Waals surface area contributed by atoms with E-state index in [0.29, 0.717) is 0 Å². The molecule has 2 nitrogen and oxygen atoms in total. The third kappa shape index (κ3) is 2.48. The Labute approximate surface area is 124 Å². The molecule has 3 heteroatoms. The van der Waals surface area contributed by atoms with Crippen LogP contribution >= 0.6 is 11.3 Å². The van der Waals surface area contributed by atoms with Gasteiger partial charge in [0.1, 0.15) is 5.75 Å². The van der Waals surface area contributed by atoms with E-state index in [-0.39, 0.29) is 6.04 Å². The fourth-order valence-electron chi connectivity index (χ4n) is 2.91. The molecule has 1 atom stereocenters. The van der Waals surface area contributed by atoms with Crippen molar-refractivity contribution < 1.29 is 4.74 Å². The van der Waals surface area contributed by atoms with Crippen LogP contribution in [-0.2, 0) is 0 Å². The van der Waals surface area contributed by atoms with Gasteiger partial charge in [-0.1, -0.05) is 30.7 Å². The first kappa shape index (κ1) is 13.7. The van der Waals surface area contributed by atoms with Crippen molar-refractivity contribution in [3.8, 4) is 5.75 Å². The van der Waals surface area contributed by atoms with Crippen LogP contribution in [0.1, 0.15) is 47.2 Å². The Balaban J connectivity index is 1.96. The quantitative estimate of drug-likeness (QED) is 0.883. The van der Waals surface area contributed by atoms with Crippen LogP contribution in [0.4, 0.5) is 0 Å². The summed E-state index contributed by atoms with van der Waals surface area (Å²) in [4.78, 5) is 1.32. The van der Waals surface area contributed by atoms with E-state index in [1.165, 1.54) is 35.3 Å². The van der Waals surface area contributed by atoms with Crippen molar-refractivity contribution in [1.82, 2.24) is 5.32 Å². The molecule has 106 valence electrons. The molecular formula is C17H21NOS. The fraction of sp³-hybridized carbons (Fsp3) is 0.412. The zero-order valence-corrected chi connectivity index (χ0v) is 12.9. The van der Waals surface area contributed by atoms with E-state index < -0.39 is 0 Å². The summed E-state index contributed by atoms with van der Waals surface area (Å²) in [5, 5.41) is 5.55. The molecule has 0 saturated heterocycles. The number of rotatable bonds is 5. The number of benzene rings is 1. The lowest BCUT2D eigenvalue weighted by Crippen LogP contribution is -2.20. The van der Waals surface area contributed by atoms with Crippen molar-refractivity contribution in [2.75, 3.05) is 14.2 Å².